The van der Waals surface area contributed by atoms with E-state index in [2.05, 4.69) is 52.2 Å². The van der Waals surface area contributed by atoms with E-state index < -0.39 is 9.84 Å². The number of nitrogens with one attached hydrogen (secondary N) is 1. The van der Waals surface area contributed by atoms with Crippen molar-refractivity contribution in [2.24, 2.45) is 0 Å². The lowest BCUT2D eigenvalue weighted by Gasteiger charge is -2.25. The van der Waals surface area contributed by atoms with Crippen molar-refractivity contribution in [3.63, 3.8) is 0 Å². The number of pyridine rings is 1. The van der Waals surface area contributed by atoms with Crippen LogP contribution in [0.2, 0.25) is 0 Å². The number of halogens is 1. The van der Waals surface area contributed by atoms with Gasteiger partial charge in [0.05, 0.1) is 0 Å². The predicted molar refractivity (Wildman–Crippen MR) is 99.9 cm³/mol. The monoisotopic (exact) mass is 414 g/mol. The molecule has 124 valence electrons. The highest BCUT2D eigenvalue weighted by Gasteiger charge is 2.21. The minimum absolute atomic E-state index is 0.125. The maximum Gasteiger partial charge on any atom is 0.179 e. The van der Waals surface area contributed by atoms with Crippen LogP contribution in [-0.4, -0.2) is 30.9 Å². The molecule has 1 N–H and O–H groups in total. The average molecular weight is 415 g/mol. The lowest BCUT2D eigenvalue weighted by Crippen LogP contribution is -2.27. The zero-order chi connectivity index (χ0) is 17.1. The van der Waals surface area contributed by atoms with Gasteiger partial charge >= 0.3 is 0 Å². The van der Waals surface area contributed by atoms with Gasteiger partial charge in [-0.15, -0.1) is 11.8 Å². The first-order chi connectivity index (χ1) is 10.7. The molecule has 0 fully saturated rings. The second-order valence-electron chi connectivity index (χ2n) is 5.79. The Labute approximate surface area is 150 Å². The molecular weight excluding hydrogens is 396 g/mol. The van der Waals surface area contributed by atoms with Gasteiger partial charge in [0, 0.05) is 33.1 Å². The van der Waals surface area contributed by atoms with E-state index >= 15 is 0 Å². The largest absolute Gasteiger partial charge is 0.368 e. The normalized spacial score (nSPS) is 12.2. The van der Waals surface area contributed by atoms with Crippen LogP contribution in [0, 0.1) is 0 Å². The summed E-state index contributed by atoms with van der Waals surface area (Å²) in [6.45, 7) is 4.80. The molecule has 1 aromatic carbocycles. The van der Waals surface area contributed by atoms with Crippen molar-refractivity contribution in [3.05, 3.63) is 47.1 Å². The van der Waals surface area contributed by atoms with E-state index in [1.54, 1.807) is 30.1 Å². The molecule has 0 aliphatic heterocycles. The van der Waals surface area contributed by atoms with Crippen molar-refractivity contribution in [3.8, 4) is 0 Å². The number of hydrogen-bond donors (Lipinski definition) is 1. The molecule has 0 amide bonds. The highest BCUT2D eigenvalue weighted by Crippen LogP contribution is 2.33. The topological polar surface area (TPSA) is 59.1 Å². The molecule has 23 heavy (non-hydrogen) atoms. The number of sulfone groups is 1. The Morgan fingerprint density at radius 3 is 2.48 bits per heavy atom. The van der Waals surface area contributed by atoms with E-state index in [9.17, 15) is 8.42 Å². The third kappa shape index (κ3) is 5.51. The molecule has 1 heterocycles. The fourth-order valence-corrected chi connectivity index (χ4v) is 4.10. The van der Waals surface area contributed by atoms with Gasteiger partial charge in [-0.2, -0.15) is 0 Å². The number of hydrogen-bond acceptors (Lipinski definition) is 5. The molecule has 7 heteroatoms. The fourth-order valence-electron chi connectivity index (χ4n) is 1.98. The predicted octanol–water partition coefficient (Wildman–Crippen LogP) is 4.23. The van der Waals surface area contributed by atoms with Gasteiger partial charge in [-0.25, -0.2) is 13.4 Å². The van der Waals surface area contributed by atoms with Gasteiger partial charge in [0.25, 0.3) is 0 Å². The molecule has 0 bridgehead atoms. The molecule has 4 nitrogen and oxygen atoms in total. The van der Waals surface area contributed by atoms with Crippen molar-refractivity contribution in [2.45, 2.75) is 28.4 Å². The molecule has 2 rings (SSSR count). The van der Waals surface area contributed by atoms with Crippen LogP contribution in [0.3, 0.4) is 0 Å². The third-order valence-electron chi connectivity index (χ3n) is 3.06. The molecule has 0 unspecified atom stereocenters. The minimum atomic E-state index is -3.30. The number of rotatable bonds is 6. The van der Waals surface area contributed by atoms with Gasteiger partial charge in [-0.05, 0) is 50.2 Å². The van der Waals surface area contributed by atoms with Gasteiger partial charge in [-0.3, -0.25) is 0 Å². The van der Waals surface area contributed by atoms with Crippen LogP contribution < -0.4 is 5.32 Å². The SMILES string of the molecule is CC(C)(CNc1ncccc1S(C)(=O)=O)Sc1ccc(Br)cc1. The second kappa shape index (κ2) is 7.23. The molecule has 0 spiro atoms. The molecule has 0 saturated heterocycles. The fraction of sp³-hybridized carbons (Fsp3) is 0.312. The molecule has 0 saturated carbocycles. The first-order valence-electron chi connectivity index (χ1n) is 7.01. The Morgan fingerprint density at radius 1 is 1.22 bits per heavy atom. The zero-order valence-corrected chi connectivity index (χ0v) is 16.4. The lowest BCUT2D eigenvalue weighted by molar-refractivity contribution is 0.601. The van der Waals surface area contributed by atoms with Gasteiger partial charge in [0.15, 0.2) is 9.84 Å². The smallest absolute Gasteiger partial charge is 0.179 e. The maximum absolute atomic E-state index is 11.8. The van der Waals surface area contributed by atoms with Crippen molar-refractivity contribution in [1.82, 2.24) is 4.98 Å². The van der Waals surface area contributed by atoms with E-state index in [-0.39, 0.29) is 9.64 Å². The van der Waals surface area contributed by atoms with Gasteiger partial charge in [-0.1, -0.05) is 15.9 Å². The molecule has 0 aliphatic carbocycles. The summed E-state index contributed by atoms with van der Waals surface area (Å²) in [6.07, 6.45) is 2.78. The molecule has 0 atom stereocenters. The summed E-state index contributed by atoms with van der Waals surface area (Å²) in [4.78, 5) is 5.54. The van der Waals surface area contributed by atoms with Gasteiger partial charge in [0.1, 0.15) is 10.7 Å². The van der Waals surface area contributed by atoms with Crippen LogP contribution in [0.5, 0.6) is 0 Å². The second-order valence-corrected chi connectivity index (χ2v) is 10.5. The Balaban J connectivity index is 2.09. The molecular formula is C16H19BrN2O2S2. The van der Waals surface area contributed by atoms with Crippen molar-refractivity contribution in [2.75, 3.05) is 18.1 Å². The van der Waals surface area contributed by atoms with E-state index in [0.717, 1.165) is 9.37 Å². The van der Waals surface area contributed by atoms with Crippen LogP contribution in [0.25, 0.3) is 0 Å². The summed E-state index contributed by atoms with van der Waals surface area (Å²) in [5.74, 6) is 0.402. The van der Waals surface area contributed by atoms with Crippen LogP contribution in [-0.2, 0) is 9.84 Å². The number of thioether (sulfide) groups is 1. The Kier molecular flexibility index (Phi) is 5.75. The average Bonchev–Trinajstić information content (AvgIpc) is 2.47. The molecule has 1 aromatic heterocycles. The van der Waals surface area contributed by atoms with E-state index in [1.807, 2.05) is 12.1 Å². The highest BCUT2D eigenvalue weighted by atomic mass is 79.9. The van der Waals surface area contributed by atoms with E-state index in [4.69, 9.17) is 0 Å². The molecule has 0 radical (unpaired) electrons. The van der Waals surface area contributed by atoms with Crippen LogP contribution in [0.15, 0.2) is 56.9 Å². The van der Waals surface area contributed by atoms with E-state index in [1.165, 1.54) is 6.26 Å². The lowest BCUT2D eigenvalue weighted by atomic mass is 10.2. The maximum atomic E-state index is 11.8. The Bertz CT molecular complexity index is 775. The highest BCUT2D eigenvalue weighted by molar-refractivity contribution is 9.10. The van der Waals surface area contributed by atoms with Gasteiger partial charge in [0.2, 0.25) is 0 Å². The Hall–Kier alpha value is -1.05. The summed E-state index contributed by atoms with van der Waals surface area (Å²) >= 11 is 5.15. The minimum Gasteiger partial charge on any atom is -0.368 e. The summed E-state index contributed by atoms with van der Waals surface area (Å²) in [5.41, 5.74) is 0. The van der Waals surface area contributed by atoms with Crippen molar-refractivity contribution in [1.29, 1.82) is 0 Å². The number of benzene rings is 1. The summed E-state index contributed by atoms with van der Waals surface area (Å²) < 4.78 is 24.5. The zero-order valence-electron chi connectivity index (χ0n) is 13.2. The standard InChI is InChI=1S/C16H19BrN2O2S2/c1-16(2,22-13-8-6-12(17)7-9-13)11-19-15-14(23(3,20)21)5-4-10-18-15/h4-10H,11H2,1-3H3,(H,18,19). The summed E-state index contributed by atoms with van der Waals surface area (Å²) in [5, 5.41) is 3.17. The quantitative estimate of drug-likeness (QED) is 0.716. The summed E-state index contributed by atoms with van der Waals surface area (Å²) in [7, 11) is -3.30. The first kappa shape index (κ1) is 18.3. The molecule has 2 aromatic rings. The van der Waals surface area contributed by atoms with E-state index in [0.29, 0.717) is 12.4 Å². The number of nitrogens with zero attached hydrogens (tertiary/aromatic N) is 1. The number of aromatic nitrogens is 1. The third-order valence-corrected chi connectivity index (χ3v) is 5.92. The first-order valence-corrected chi connectivity index (χ1v) is 10.5. The van der Waals surface area contributed by atoms with Crippen LogP contribution >= 0.6 is 27.7 Å². The Morgan fingerprint density at radius 2 is 1.87 bits per heavy atom. The summed E-state index contributed by atoms with van der Waals surface area (Å²) in [6, 6.07) is 11.3. The van der Waals surface area contributed by atoms with Crippen molar-refractivity contribution < 1.29 is 8.42 Å². The van der Waals surface area contributed by atoms with Gasteiger partial charge < -0.3 is 5.32 Å². The number of anilines is 1. The van der Waals surface area contributed by atoms with Crippen molar-refractivity contribution >= 4 is 43.3 Å². The van der Waals surface area contributed by atoms with Crippen LogP contribution in [0.4, 0.5) is 5.82 Å². The van der Waals surface area contributed by atoms with Crippen LogP contribution in [0.1, 0.15) is 13.8 Å². The molecule has 0 aliphatic rings.